The fraction of sp³-hybridized carbons (Fsp3) is 0.185. The highest BCUT2D eigenvalue weighted by atomic mass is 16.7. The van der Waals surface area contributed by atoms with Crippen molar-refractivity contribution in [3.63, 3.8) is 0 Å². The quantitative estimate of drug-likeness (QED) is 0.403. The second kappa shape index (κ2) is 9.20. The van der Waals surface area contributed by atoms with Crippen LogP contribution in [0.5, 0.6) is 23.0 Å². The molecular weight excluding hydrogens is 432 g/mol. The Labute approximate surface area is 197 Å². The second-order valence-corrected chi connectivity index (χ2v) is 7.89. The van der Waals surface area contributed by atoms with Gasteiger partial charge in [-0.3, -0.25) is 4.79 Å². The molecule has 0 aromatic heterocycles. The Morgan fingerprint density at radius 3 is 2.79 bits per heavy atom. The number of carbonyl (C=O) groups is 1. The Morgan fingerprint density at radius 2 is 1.94 bits per heavy atom. The third kappa shape index (κ3) is 4.14. The first-order valence-corrected chi connectivity index (χ1v) is 10.9. The number of fused-ring (bicyclic) bond motifs is 2. The Hall–Kier alpha value is -4.44. The number of nitriles is 1. The van der Waals surface area contributed by atoms with Crippen LogP contribution in [-0.2, 0) is 17.8 Å². The van der Waals surface area contributed by atoms with Gasteiger partial charge in [0.15, 0.2) is 23.0 Å². The van der Waals surface area contributed by atoms with Crippen LogP contribution < -0.4 is 23.8 Å². The zero-order valence-electron chi connectivity index (χ0n) is 18.6. The summed E-state index contributed by atoms with van der Waals surface area (Å²) in [5, 5.41) is 9.68. The van der Waals surface area contributed by atoms with Crippen LogP contribution in [0.25, 0.3) is 6.08 Å². The number of amides is 1. The normalized spacial score (nSPS) is 13.9. The van der Waals surface area contributed by atoms with Gasteiger partial charge >= 0.3 is 0 Å². The Bertz CT molecular complexity index is 1320. The summed E-state index contributed by atoms with van der Waals surface area (Å²) in [7, 11) is 1.55. The number of para-hydroxylation sites is 1. The summed E-state index contributed by atoms with van der Waals surface area (Å²) < 4.78 is 22.2. The predicted molar refractivity (Wildman–Crippen MR) is 126 cm³/mol. The van der Waals surface area contributed by atoms with E-state index in [0.29, 0.717) is 36.0 Å². The van der Waals surface area contributed by atoms with E-state index in [0.717, 1.165) is 29.0 Å². The third-order valence-electron chi connectivity index (χ3n) is 5.81. The van der Waals surface area contributed by atoms with Gasteiger partial charge in [0.1, 0.15) is 18.2 Å². The van der Waals surface area contributed by atoms with E-state index in [-0.39, 0.29) is 18.3 Å². The lowest BCUT2D eigenvalue weighted by molar-refractivity contribution is -0.114. The molecule has 2 aliphatic rings. The van der Waals surface area contributed by atoms with Gasteiger partial charge < -0.3 is 23.8 Å². The van der Waals surface area contributed by atoms with Crippen molar-refractivity contribution in [1.82, 2.24) is 0 Å². The van der Waals surface area contributed by atoms with Gasteiger partial charge in [-0.25, -0.2) is 0 Å². The maximum absolute atomic E-state index is 13.1. The van der Waals surface area contributed by atoms with Crippen LogP contribution in [0, 0.1) is 11.3 Å². The molecule has 3 aromatic carbocycles. The van der Waals surface area contributed by atoms with Crippen LogP contribution in [0.3, 0.4) is 0 Å². The highest BCUT2D eigenvalue weighted by molar-refractivity contribution is 6.12. The van der Waals surface area contributed by atoms with Crippen LogP contribution in [-0.4, -0.2) is 26.4 Å². The van der Waals surface area contributed by atoms with E-state index in [1.807, 2.05) is 42.5 Å². The first-order chi connectivity index (χ1) is 16.7. The Balaban J connectivity index is 1.33. The first kappa shape index (κ1) is 21.4. The Morgan fingerprint density at radius 1 is 1.09 bits per heavy atom. The molecule has 5 rings (SSSR count). The summed E-state index contributed by atoms with van der Waals surface area (Å²) in [4.78, 5) is 14.7. The summed E-state index contributed by atoms with van der Waals surface area (Å²) >= 11 is 0. The van der Waals surface area contributed by atoms with Gasteiger partial charge in [-0.1, -0.05) is 30.3 Å². The fourth-order valence-corrected chi connectivity index (χ4v) is 4.09. The van der Waals surface area contributed by atoms with Crippen LogP contribution in [0.4, 0.5) is 5.69 Å². The Kier molecular flexibility index (Phi) is 5.79. The number of benzene rings is 3. The number of methoxy groups -OCH3 is 1. The molecule has 0 unspecified atom stereocenters. The molecule has 0 atom stereocenters. The smallest absolute Gasteiger partial charge is 0.268 e. The molecule has 170 valence electrons. The summed E-state index contributed by atoms with van der Waals surface area (Å²) in [6, 6.07) is 20.8. The minimum Gasteiger partial charge on any atom is -0.493 e. The lowest BCUT2D eigenvalue weighted by atomic mass is 10.1. The molecule has 7 nitrogen and oxygen atoms in total. The van der Waals surface area contributed by atoms with Crippen molar-refractivity contribution in [1.29, 1.82) is 5.26 Å². The average Bonchev–Trinajstić information content (AvgIpc) is 3.52. The molecule has 2 heterocycles. The van der Waals surface area contributed by atoms with Gasteiger partial charge in [0.05, 0.1) is 7.11 Å². The third-order valence-corrected chi connectivity index (χ3v) is 5.81. The molecule has 0 bridgehead atoms. The van der Waals surface area contributed by atoms with Gasteiger partial charge in [0, 0.05) is 12.2 Å². The molecule has 0 saturated carbocycles. The van der Waals surface area contributed by atoms with Crippen molar-refractivity contribution >= 4 is 17.7 Å². The van der Waals surface area contributed by atoms with Gasteiger partial charge in [0.2, 0.25) is 6.79 Å². The number of hydrogen-bond acceptors (Lipinski definition) is 6. The van der Waals surface area contributed by atoms with E-state index in [1.165, 1.54) is 0 Å². The second-order valence-electron chi connectivity index (χ2n) is 7.89. The zero-order valence-corrected chi connectivity index (χ0v) is 18.6. The lowest BCUT2D eigenvalue weighted by Gasteiger charge is -2.16. The largest absolute Gasteiger partial charge is 0.493 e. The molecule has 0 N–H and O–H groups in total. The van der Waals surface area contributed by atoms with E-state index in [1.54, 1.807) is 36.3 Å². The van der Waals surface area contributed by atoms with Crippen molar-refractivity contribution in [2.24, 2.45) is 0 Å². The molecular formula is C27H22N2O5. The number of hydrogen-bond donors (Lipinski definition) is 0. The molecule has 34 heavy (non-hydrogen) atoms. The van der Waals surface area contributed by atoms with Crippen molar-refractivity contribution in [2.75, 3.05) is 25.3 Å². The van der Waals surface area contributed by atoms with Crippen molar-refractivity contribution in [3.05, 3.63) is 82.9 Å². The summed E-state index contributed by atoms with van der Waals surface area (Å²) in [6.07, 6.45) is 2.36. The number of nitrogens with zero attached hydrogens (tertiary/aromatic N) is 2. The topological polar surface area (TPSA) is 81.0 Å². The monoisotopic (exact) mass is 454 g/mol. The first-order valence-electron chi connectivity index (χ1n) is 10.9. The van der Waals surface area contributed by atoms with Crippen LogP contribution >= 0.6 is 0 Å². The maximum Gasteiger partial charge on any atom is 0.268 e. The molecule has 0 aliphatic carbocycles. The molecule has 2 aliphatic heterocycles. The van der Waals surface area contributed by atoms with E-state index in [2.05, 4.69) is 6.07 Å². The van der Waals surface area contributed by atoms with Gasteiger partial charge in [-0.15, -0.1) is 0 Å². The highest BCUT2D eigenvalue weighted by Crippen LogP contribution is 2.34. The van der Waals surface area contributed by atoms with Gasteiger partial charge in [-0.05, 0) is 59.5 Å². The zero-order chi connectivity index (χ0) is 23.5. The average molecular weight is 454 g/mol. The molecule has 0 radical (unpaired) electrons. The number of ether oxygens (including phenoxy) is 4. The number of rotatable bonds is 6. The minimum atomic E-state index is -0.311. The van der Waals surface area contributed by atoms with Crippen LogP contribution in [0.1, 0.15) is 16.7 Å². The molecule has 0 fully saturated rings. The van der Waals surface area contributed by atoms with Crippen molar-refractivity contribution in [2.45, 2.75) is 13.0 Å². The SMILES string of the molecule is COc1cc(/C=C(\C#N)C(=O)N2CCc3ccccc32)ccc1OCc1ccc2c(c1)OCO2. The van der Waals surface area contributed by atoms with E-state index in [4.69, 9.17) is 18.9 Å². The van der Waals surface area contributed by atoms with E-state index < -0.39 is 0 Å². The summed E-state index contributed by atoms with van der Waals surface area (Å²) in [5.41, 5.74) is 3.63. The summed E-state index contributed by atoms with van der Waals surface area (Å²) in [5.74, 6) is 2.16. The van der Waals surface area contributed by atoms with Crippen molar-refractivity contribution in [3.8, 4) is 29.1 Å². The summed E-state index contributed by atoms with van der Waals surface area (Å²) in [6.45, 7) is 1.10. The van der Waals surface area contributed by atoms with E-state index in [9.17, 15) is 10.1 Å². The molecule has 0 spiro atoms. The lowest BCUT2D eigenvalue weighted by Crippen LogP contribution is -2.29. The molecule has 1 amide bonds. The van der Waals surface area contributed by atoms with Crippen LogP contribution in [0.2, 0.25) is 0 Å². The highest BCUT2D eigenvalue weighted by Gasteiger charge is 2.26. The molecule has 7 heteroatoms. The van der Waals surface area contributed by atoms with Gasteiger partial charge in [-0.2, -0.15) is 5.26 Å². The van der Waals surface area contributed by atoms with Gasteiger partial charge in [0.25, 0.3) is 5.91 Å². The van der Waals surface area contributed by atoms with Crippen LogP contribution in [0.15, 0.2) is 66.2 Å². The fourth-order valence-electron chi connectivity index (χ4n) is 4.09. The predicted octanol–water partition coefficient (Wildman–Crippen LogP) is 4.50. The molecule has 0 saturated heterocycles. The standard InChI is InChI=1S/C27H22N2O5/c1-31-25-13-18(6-8-23(25)32-16-19-7-9-24-26(14-19)34-17-33-24)12-21(15-28)27(30)29-11-10-20-4-2-3-5-22(20)29/h2-9,12-14H,10-11,16-17H2,1H3/b21-12+. The maximum atomic E-state index is 13.1. The number of anilines is 1. The minimum absolute atomic E-state index is 0.0628. The number of carbonyl (C=O) groups excluding carboxylic acids is 1. The van der Waals surface area contributed by atoms with E-state index >= 15 is 0 Å². The molecule has 3 aromatic rings. The van der Waals surface area contributed by atoms with Crippen molar-refractivity contribution < 1.29 is 23.7 Å².